The summed E-state index contributed by atoms with van der Waals surface area (Å²) < 4.78 is 0. The topological polar surface area (TPSA) is 38.0 Å². The summed E-state index contributed by atoms with van der Waals surface area (Å²) in [5.41, 5.74) is 7.39. The van der Waals surface area contributed by atoms with E-state index < -0.39 is 0 Å². The lowest BCUT2D eigenvalue weighted by Gasteiger charge is -2.26. The summed E-state index contributed by atoms with van der Waals surface area (Å²) in [4.78, 5) is 0. The van der Waals surface area contributed by atoms with Gasteiger partial charge in [-0.1, -0.05) is 44.2 Å². The third-order valence-corrected chi connectivity index (χ3v) is 3.68. The number of hydrogen-bond donors (Lipinski definition) is 2. The number of hydrogen-bond acceptors (Lipinski definition) is 2. The summed E-state index contributed by atoms with van der Waals surface area (Å²) >= 11 is 0. The fourth-order valence-corrected chi connectivity index (χ4v) is 2.39. The number of rotatable bonds is 4. The van der Waals surface area contributed by atoms with Gasteiger partial charge in [-0.3, -0.25) is 0 Å². The molecule has 0 radical (unpaired) electrons. The van der Waals surface area contributed by atoms with Crippen LogP contribution in [0, 0.1) is 5.92 Å². The van der Waals surface area contributed by atoms with Gasteiger partial charge in [0.15, 0.2) is 0 Å². The molecule has 1 aromatic carbocycles. The first-order valence-electron chi connectivity index (χ1n) is 6.34. The SMILES string of the molecule is CC(C)(CC[C@H]1C=C(N)NC1)c1ccccc1. The van der Waals surface area contributed by atoms with Crippen LogP contribution >= 0.6 is 0 Å². The van der Waals surface area contributed by atoms with Gasteiger partial charge in [0, 0.05) is 6.54 Å². The molecule has 1 aliphatic heterocycles. The Morgan fingerprint density at radius 2 is 2.00 bits per heavy atom. The highest BCUT2D eigenvalue weighted by Gasteiger charge is 2.22. The predicted octanol–water partition coefficient (Wildman–Crippen LogP) is 2.76. The highest BCUT2D eigenvalue weighted by Crippen LogP contribution is 2.30. The first kappa shape index (κ1) is 12.0. The van der Waals surface area contributed by atoms with Crippen LogP contribution in [-0.4, -0.2) is 6.54 Å². The fraction of sp³-hybridized carbons (Fsp3) is 0.467. The Balaban J connectivity index is 1.94. The third kappa shape index (κ3) is 3.02. The molecule has 1 aliphatic rings. The molecule has 2 rings (SSSR count). The Labute approximate surface area is 104 Å². The zero-order valence-corrected chi connectivity index (χ0v) is 10.7. The van der Waals surface area contributed by atoms with E-state index in [1.165, 1.54) is 18.4 Å². The zero-order valence-electron chi connectivity index (χ0n) is 10.7. The average Bonchev–Trinajstić information content (AvgIpc) is 2.74. The van der Waals surface area contributed by atoms with E-state index in [1.54, 1.807) is 0 Å². The van der Waals surface area contributed by atoms with Crippen molar-refractivity contribution < 1.29 is 0 Å². The van der Waals surface area contributed by atoms with E-state index in [4.69, 9.17) is 5.73 Å². The van der Waals surface area contributed by atoms with Gasteiger partial charge < -0.3 is 11.1 Å². The van der Waals surface area contributed by atoms with E-state index >= 15 is 0 Å². The molecule has 1 aromatic rings. The molecule has 1 heterocycles. The minimum Gasteiger partial charge on any atom is -0.386 e. The molecule has 0 unspecified atom stereocenters. The molecule has 0 saturated carbocycles. The van der Waals surface area contributed by atoms with Crippen LogP contribution in [0.2, 0.25) is 0 Å². The normalized spacial score (nSPS) is 19.9. The lowest BCUT2D eigenvalue weighted by molar-refractivity contribution is 0.422. The quantitative estimate of drug-likeness (QED) is 0.834. The van der Waals surface area contributed by atoms with Crippen molar-refractivity contribution in [3.05, 3.63) is 47.8 Å². The summed E-state index contributed by atoms with van der Waals surface area (Å²) in [5.74, 6) is 1.44. The van der Waals surface area contributed by atoms with E-state index in [0.717, 1.165) is 12.4 Å². The summed E-state index contributed by atoms with van der Waals surface area (Å²) in [7, 11) is 0. The second-order valence-corrected chi connectivity index (χ2v) is 5.55. The molecule has 0 bridgehead atoms. The average molecular weight is 230 g/mol. The van der Waals surface area contributed by atoms with Gasteiger partial charge in [-0.15, -0.1) is 0 Å². The molecule has 2 heteroatoms. The first-order chi connectivity index (χ1) is 8.08. The zero-order chi connectivity index (χ0) is 12.3. The number of benzene rings is 1. The number of nitrogens with two attached hydrogens (primary N) is 1. The Kier molecular flexibility index (Phi) is 3.41. The van der Waals surface area contributed by atoms with Crippen LogP contribution in [0.4, 0.5) is 0 Å². The van der Waals surface area contributed by atoms with Crippen LogP contribution in [0.25, 0.3) is 0 Å². The largest absolute Gasteiger partial charge is 0.386 e. The standard InChI is InChI=1S/C15H22N2/c1-15(2,13-6-4-3-5-7-13)9-8-12-10-14(16)17-11-12/h3-7,10,12,17H,8-9,11,16H2,1-2H3/t12-/m0/s1. The molecule has 0 aromatic heterocycles. The van der Waals surface area contributed by atoms with Gasteiger partial charge in [0.05, 0.1) is 5.82 Å². The van der Waals surface area contributed by atoms with Gasteiger partial charge in [0.1, 0.15) is 0 Å². The van der Waals surface area contributed by atoms with Gasteiger partial charge in [-0.25, -0.2) is 0 Å². The summed E-state index contributed by atoms with van der Waals surface area (Å²) in [6.07, 6.45) is 4.53. The second kappa shape index (κ2) is 4.82. The fourth-order valence-electron chi connectivity index (χ4n) is 2.39. The highest BCUT2D eigenvalue weighted by atomic mass is 15.0. The van der Waals surface area contributed by atoms with Crippen molar-refractivity contribution >= 4 is 0 Å². The summed E-state index contributed by atoms with van der Waals surface area (Å²) in [6.45, 7) is 5.63. The second-order valence-electron chi connectivity index (χ2n) is 5.55. The van der Waals surface area contributed by atoms with Crippen LogP contribution in [0.5, 0.6) is 0 Å². The van der Waals surface area contributed by atoms with E-state index in [9.17, 15) is 0 Å². The van der Waals surface area contributed by atoms with Crippen molar-refractivity contribution in [1.29, 1.82) is 0 Å². The first-order valence-corrected chi connectivity index (χ1v) is 6.34. The molecule has 2 nitrogen and oxygen atoms in total. The monoisotopic (exact) mass is 230 g/mol. The molecule has 0 amide bonds. The van der Waals surface area contributed by atoms with Crippen LogP contribution in [-0.2, 0) is 5.41 Å². The smallest absolute Gasteiger partial charge is 0.0922 e. The molecule has 92 valence electrons. The van der Waals surface area contributed by atoms with Gasteiger partial charge in [-0.2, -0.15) is 0 Å². The van der Waals surface area contributed by atoms with Gasteiger partial charge in [-0.05, 0) is 35.8 Å². The maximum Gasteiger partial charge on any atom is 0.0922 e. The van der Waals surface area contributed by atoms with Crippen molar-refractivity contribution in [3.8, 4) is 0 Å². The lowest BCUT2D eigenvalue weighted by Crippen LogP contribution is -2.20. The maximum absolute atomic E-state index is 5.73. The maximum atomic E-state index is 5.73. The molecule has 0 spiro atoms. The van der Waals surface area contributed by atoms with Crippen LogP contribution in [0.15, 0.2) is 42.2 Å². The van der Waals surface area contributed by atoms with Crippen molar-refractivity contribution in [2.24, 2.45) is 11.7 Å². The Bertz CT molecular complexity index is 393. The molecule has 1 atom stereocenters. The third-order valence-electron chi connectivity index (χ3n) is 3.68. The summed E-state index contributed by atoms with van der Waals surface area (Å²) in [6, 6.07) is 10.7. The molecule has 0 saturated heterocycles. The van der Waals surface area contributed by atoms with E-state index in [-0.39, 0.29) is 5.41 Å². The molecular formula is C15H22N2. The van der Waals surface area contributed by atoms with Crippen LogP contribution in [0.1, 0.15) is 32.3 Å². The van der Waals surface area contributed by atoms with Crippen LogP contribution < -0.4 is 11.1 Å². The molecule has 0 fully saturated rings. The minimum atomic E-state index is 0.243. The Morgan fingerprint density at radius 1 is 1.29 bits per heavy atom. The van der Waals surface area contributed by atoms with Gasteiger partial charge >= 0.3 is 0 Å². The lowest BCUT2D eigenvalue weighted by atomic mass is 9.79. The van der Waals surface area contributed by atoms with Crippen molar-refractivity contribution in [2.45, 2.75) is 32.1 Å². The van der Waals surface area contributed by atoms with E-state index in [1.807, 2.05) is 0 Å². The van der Waals surface area contributed by atoms with Crippen molar-refractivity contribution in [2.75, 3.05) is 6.54 Å². The Morgan fingerprint density at radius 3 is 2.59 bits per heavy atom. The van der Waals surface area contributed by atoms with Crippen molar-refractivity contribution in [1.82, 2.24) is 5.32 Å². The molecule has 17 heavy (non-hydrogen) atoms. The van der Waals surface area contributed by atoms with Crippen LogP contribution in [0.3, 0.4) is 0 Å². The minimum absolute atomic E-state index is 0.243. The van der Waals surface area contributed by atoms with Gasteiger partial charge in [0.2, 0.25) is 0 Å². The highest BCUT2D eigenvalue weighted by molar-refractivity contribution is 5.23. The number of nitrogens with one attached hydrogen (secondary N) is 1. The molecule has 0 aliphatic carbocycles. The Hall–Kier alpha value is -1.44. The van der Waals surface area contributed by atoms with Crippen molar-refractivity contribution in [3.63, 3.8) is 0 Å². The predicted molar refractivity (Wildman–Crippen MR) is 72.5 cm³/mol. The molecular weight excluding hydrogens is 208 g/mol. The molecule has 3 N–H and O–H groups in total. The summed E-state index contributed by atoms with van der Waals surface area (Å²) in [5, 5.41) is 3.18. The van der Waals surface area contributed by atoms with E-state index in [2.05, 4.69) is 55.6 Å². The van der Waals surface area contributed by atoms with Gasteiger partial charge in [0.25, 0.3) is 0 Å². The van der Waals surface area contributed by atoms with E-state index in [0.29, 0.717) is 5.92 Å².